The van der Waals surface area contributed by atoms with Crippen molar-refractivity contribution in [3.8, 4) is 5.75 Å². The molecule has 1 aliphatic carbocycles. The van der Waals surface area contributed by atoms with E-state index in [2.05, 4.69) is 96.0 Å². The van der Waals surface area contributed by atoms with Crippen LogP contribution in [0.1, 0.15) is 54.9 Å². The number of rotatable bonds is 14. The zero-order valence-corrected chi connectivity index (χ0v) is 25.5. The van der Waals surface area contributed by atoms with Crippen molar-refractivity contribution in [2.45, 2.75) is 51.6 Å². The number of benzene rings is 3. The molecule has 5 rings (SSSR count). The normalized spacial score (nSPS) is 13.6. The van der Waals surface area contributed by atoms with Gasteiger partial charge in [-0.1, -0.05) is 61.4 Å². The Labute approximate surface area is 251 Å². The van der Waals surface area contributed by atoms with E-state index in [1.807, 2.05) is 29.3 Å². The molecule has 1 fully saturated rings. The Hall–Kier alpha value is -3.77. The van der Waals surface area contributed by atoms with E-state index in [0.29, 0.717) is 13.1 Å². The minimum atomic E-state index is 0.0798. The fourth-order valence-electron chi connectivity index (χ4n) is 6.13. The van der Waals surface area contributed by atoms with Gasteiger partial charge in [-0.3, -0.25) is 4.79 Å². The number of nitrogens with zero attached hydrogens (tertiary/aromatic N) is 4. The van der Waals surface area contributed by atoms with Crippen LogP contribution in [0.4, 0.5) is 5.69 Å². The van der Waals surface area contributed by atoms with Gasteiger partial charge < -0.3 is 24.0 Å². The molecular formula is C36H46N4O2. The van der Waals surface area contributed by atoms with Crippen molar-refractivity contribution in [2.75, 3.05) is 51.8 Å². The molecule has 1 saturated carbocycles. The van der Waals surface area contributed by atoms with Crippen molar-refractivity contribution in [1.82, 2.24) is 14.4 Å². The summed E-state index contributed by atoms with van der Waals surface area (Å²) in [6.07, 6.45) is 8.50. The first kappa shape index (κ1) is 29.7. The highest BCUT2D eigenvalue weighted by Gasteiger charge is 2.21. The van der Waals surface area contributed by atoms with Gasteiger partial charge in [0.1, 0.15) is 5.75 Å². The van der Waals surface area contributed by atoms with Crippen LogP contribution in [0.15, 0.2) is 85.1 Å². The quantitative estimate of drug-likeness (QED) is 0.155. The fourth-order valence-corrected chi connectivity index (χ4v) is 6.13. The van der Waals surface area contributed by atoms with Crippen LogP contribution in [0.5, 0.6) is 5.75 Å². The number of para-hydroxylation sites is 1. The van der Waals surface area contributed by atoms with Crippen LogP contribution in [-0.4, -0.2) is 73.2 Å². The highest BCUT2D eigenvalue weighted by atomic mass is 16.5. The molecule has 0 N–H and O–H groups in total. The zero-order valence-electron chi connectivity index (χ0n) is 25.5. The molecule has 0 spiro atoms. The molecular weight excluding hydrogens is 520 g/mol. The van der Waals surface area contributed by atoms with E-state index < -0.39 is 0 Å². The lowest BCUT2D eigenvalue weighted by molar-refractivity contribution is 0.0770. The number of anilines is 1. The van der Waals surface area contributed by atoms with E-state index in [4.69, 9.17) is 4.74 Å². The Morgan fingerprint density at radius 3 is 2.33 bits per heavy atom. The molecule has 6 nitrogen and oxygen atoms in total. The summed E-state index contributed by atoms with van der Waals surface area (Å²) in [7, 11) is 4.33. The first-order valence-corrected chi connectivity index (χ1v) is 15.6. The number of hydrogen-bond donors (Lipinski definition) is 0. The predicted octanol–water partition coefficient (Wildman–Crippen LogP) is 6.93. The summed E-state index contributed by atoms with van der Waals surface area (Å²) in [5.41, 5.74) is 4.18. The van der Waals surface area contributed by atoms with E-state index in [-0.39, 0.29) is 5.91 Å². The Bertz CT molecular complexity index is 1410. The van der Waals surface area contributed by atoms with Gasteiger partial charge in [0.2, 0.25) is 0 Å². The number of aromatic nitrogens is 1. The lowest BCUT2D eigenvalue weighted by Crippen LogP contribution is -2.37. The van der Waals surface area contributed by atoms with E-state index in [1.54, 1.807) is 0 Å². The van der Waals surface area contributed by atoms with Crippen LogP contribution >= 0.6 is 0 Å². The SMILES string of the molecule is CCN(CCN(C)c1ccc(OCCCN(C)C2CCCC2)cc1)C(=O)c1cn(Cc2ccccc2)c2ccccc12. The Morgan fingerprint density at radius 1 is 0.881 bits per heavy atom. The average Bonchev–Trinajstić information content (AvgIpc) is 3.69. The average molecular weight is 567 g/mol. The third kappa shape index (κ3) is 7.35. The molecule has 1 heterocycles. The Kier molecular flexibility index (Phi) is 10.2. The van der Waals surface area contributed by atoms with Gasteiger partial charge in [0.25, 0.3) is 5.91 Å². The molecule has 1 aliphatic rings. The third-order valence-electron chi connectivity index (χ3n) is 8.74. The van der Waals surface area contributed by atoms with Crippen LogP contribution in [0.2, 0.25) is 0 Å². The molecule has 222 valence electrons. The largest absolute Gasteiger partial charge is 0.494 e. The molecule has 6 heteroatoms. The maximum Gasteiger partial charge on any atom is 0.256 e. The first-order chi connectivity index (χ1) is 20.5. The maximum absolute atomic E-state index is 13.8. The number of ether oxygens (including phenoxy) is 1. The minimum Gasteiger partial charge on any atom is -0.494 e. The minimum absolute atomic E-state index is 0.0798. The summed E-state index contributed by atoms with van der Waals surface area (Å²) in [6, 6.07) is 27.7. The van der Waals surface area contributed by atoms with Crippen molar-refractivity contribution < 1.29 is 9.53 Å². The lowest BCUT2D eigenvalue weighted by atomic mass is 10.1. The van der Waals surface area contributed by atoms with Crippen LogP contribution in [0.25, 0.3) is 10.9 Å². The number of likely N-dealkylation sites (N-methyl/N-ethyl adjacent to an activating group) is 2. The number of amides is 1. The molecule has 0 saturated heterocycles. The Balaban J connectivity index is 1.14. The molecule has 0 bridgehead atoms. The molecule has 3 aromatic carbocycles. The van der Waals surface area contributed by atoms with E-state index >= 15 is 0 Å². The number of carbonyl (C=O) groups is 1. The van der Waals surface area contributed by atoms with Gasteiger partial charge in [-0.05, 0) is 69.1 Å². The van der Waals surface area contributed by atoms with Gasteiger partial charge in [0.15, 0.2) is 0 Å². The van der Waals surface area contributed by atoms with E-state index in [1.165, 1.54) is 31.2 Å². The highest BCUT2D eigenvalue weighted by Crippen LogP contribution is 2.25. The molecule has 1 aromatic heterocycles. The first-order valence-electron chi connectivity index (χ1n) is 15.6. The maximum atomic E-state index is 13.8. The Morgan fingerprint density at radius 2 is 1.60 bits per heavy atom. The van der Waals surface area contributed by atoms with Gasteiger partial charge in [-0.15, -0.1) is 0 Å². The predicted molar refractivity (Wildman–Crippen MR) is 174 cm³/mol. The van der Waals surface area contributed by atoms with Crippen molar-refractivity contribution >= 4 is 22.5 Å². The molecule has 0 atom stereocenters. The molecule has 0 radical (unpaired) electrons. The second-order valence-corrected chi connectivity index (χ2v) is 11.6. The molecule has 42 heavy (non-hydrogen) atoms. The number of carbonyl (C=O) groups excluding carboxylic acids is 1. The second-order valence-electron chi connectivity index (χ2n) is 11.6. The smallest absolute Gasteiger partial charge is 0.256 e. The van der Waals surface area contributed by atoms with Gasteiger partial charge in [0.05, 0.1) is 12.2 Å². The van der Waals surface area contributed by atoms with Crippen molar-refractivity contribution in [1.29, 1.82) is 0 Å². The van der Waals surface area contributed by atoms with Gasteiger partial charge in [0, 0.05) is 68.6 Å². The number of hydrogen-bond acceptors (Lipinski definition) is 4. The molecule has 4 aromatic rings. The molecule has 0 aliphatic heterocycles. The van der Waals surface area contributed by atoms with Crippen LogP contribution < -0.4 is 9.64 Å². The monoisotopic (exact) mass is 566 g/mol. The summed E-state index contributed by atoms with van der Waals surface area (Å²) in [4.78, 5) is 20.4. The summed E-state index contributed by atoms with van der Waals surface area (Å²) in [5, 5.41) is 1.01. The second kappa shape index (κ2) is 14.4. The van der Waals surface area contributed by atoms with E-state index in [9.17, 15) is 4.79 Å². The highest BCUT2D eigenvalue weighted by molar-refractivity contribution is 6.07. The third-order valence-corrected chi connectivity index (χ3v) is 8.74. The van der Waals surface area contributed by atoms with E-state index in [0.717, 1.165) is 66.6 Å². The van der Waals surface area contributed by atoms with Crippen molar-refractivity contribution in [3.63, 3.8) is 0 Å². The topological polar surface area (TPSA) is 41.0 Å². The number of fused-ring (bicyclic) bond motifs is 1. The summed E-state index contributed by atoms with van der Waals surface area (Å²) in [6.45, 7) is 6.67. The summed E-state index contributed by atoms with van der Waals surface area (Å²) >= 11 is 0. The van der Waals surface area contributed by atoms with Gasteiger partial charge >= 0.3 is 0 Å². The van der Waals surface area contributed by atoms with Gasteiger partial charge in [-0.25, -0.2) is 0 Å². The summed E-state index contributed by atoms with van der Waals surface area (Å²) in [5.74, 6) is 0.990. The van der Waals surface area contributed by atoms with Crippen molar-refractivity contribution in [3.05, 3.63) is 96.2 Å². The standard InChI is InChI=1S/C36H46N4O2/c1-4-39(36(41)34-28-40(27-29-13-6-5-7-14-29)35-18-11-10-17-33(34)35)25-24-38(3)31-19-21-32(22-20-31)42-26-12-23-37(2)30-15-8-9-16-30/h5-7,10-11,13-14,17-22,28,30H,4,8-9,12,15-16,23-27H2,1-3H3. The van der Waals surface area contributed by atoms with Crippen LogP contribution in [0.3, 0.4) is 0 Å². The summed E-state index contributed by atoms with van der Waals surface area (Å²) < 4.78 is 8.21. The molecule has 0 unspecified atom stereocenters. The fraction of sp³-hybridized carbons (Fsp3) is 0.417. The lowest BCUT2D eigenvalue weighted by Gasteiger charge is -2.26. The zero-order chi connectivity index (χ0) is 29.3. The van der Waals surface area contributed by atoms with Gasteiger partial charge in [-0.2, -0.15) is 0 Å². The van der Waals surface area contributed by atoms with Crippen LogP contribution in [-0.2, 0) is 6.54 Å². The van der Waals surface area contributed by atoms with Crippen LogP contribution in [0, 0.1) is 0 Å². The molecule has 1 amide bonds. The van der Waals surface area contributed by atoms with Crippen molar-refractivity contribution in [2.24, 2.45) is 0 Å².